The van der Waals surface area contributed by atoms with E-state index in [1.807, 2.05) is 0 Å². The Bertz CT molecular complexity index is 805. The fourth-order valence-electron chi connectivity index (χ4n) is 1.85. The van der Waals surface area contributed by atoms with E-state index in [1.165, 1.54) is 18.2 Å². The summed E-state index contributed by atoms with van der Waals surface area (Å²) in [7, 11) is 0. The molecule has 2 aromatic rings. The molecule has 0 aromatic heterocycles. The number of nitro groups is 1. The van der Waals surface area contributed by atoms with E-state index in [0.717, 1.165) is 0 Å². The van der Waals surface area contributed by atoms with Crippen molar-refractivity contribution in [2.24, 2.45) is 0 Å². The van der Waals surface area contributed by atoms with Crippen LogP contribution >= 0.6 is 0 Å². The number of hydrogen-bond acceptors (Lipinski definition) is 4. The molecule has 0 heterocycles. The van der Waals surface area contributed by atoms with Crippen LogP contribution in [0.1, 0.15) is 5.56 Å². The van der Waals surface area contributed by atoms with E-state index in [1.54, 1.807) is 42.5 Å². The van der Waals surface area contributed by atoms with Crippen LogP contribution in [-0.2, 0) is 4.79 Å². The SMILES string of the molecule is C#CCOc1cccc(NC(=O)/C=C/c2ccc([N+](=O)[O-])cc2)c1. The van der Waals surface area contributed by atoms with E-state index in [-0.39, 0.29) is 18.2 Å². The first-order valence-corrected chi connectivity index (χ1v) is 6.98. The Labute approximate surface area is 138 Å². The monoisotopic (exact) mass is 322 g/mol. The Balaban J connectivity index is 1.97. The van der Waals surface area contributed by atoms with E-state index < -0.39 is 4.92 Å². The third-order valence-electron chi connectivity index (χ3n) is 2.95. The number of amides is 1. The number of rotatable bonds is 6. The van der Waals surface area contributed by atoms with Crippen molar-refractivity contribution < 1.29 is 14.5 Å². The van der Waals surface area contributed by atoms with Crippen LogP contribution in [0, 0.1) is 22.5 Å². The van der Waals surface area contributed by atoms with Crippen molar-refractivity contribution in [2.45, 2.75) is 0 Å². The lowest BCUT2D eigenvalue weighted by Gasteiger charge is -2.06. The molecule has 0 saturated carbocycles. The van der Waals surface area contributed by atoms with E-state index in [2.05, 4.69) is 11.2 Å². The summed E-state index contributed by atoms with van der Waals surface area (Å²) in [5.41, 5.74) is 1.25. The van der Waals surface area contributed by atoms with Crippen LogP contribution in [0.25, 0.3) is 6.08 Å². The summed E-state index contributed by atoms with van der Waals surface area (Å²) >= 11 is 0. The van der Waals surface area contributed by atoms with Gasteiger partial charge in [-0.2, -0.15) is 0 Å². The van der Waals surface area contributed by atoms with Crippen LogP contribution in [0.5, 0.6) is 5.75 Å². The van der Waals surface area contributed by atoms with Gasteiger partial charge in [0.1, 0.15) is 12.4 Å². The molecular weight excluding hydrogens is 308 g/mol. The number of carbonyl (C=O) groups is 1. The van der Waals surface area contributed by atoms with Gasteiger partial charge in [-0.1, -0.05) is 12.0 Å². The number of terminal acetylenes is 1. The minimum absolute atomic E-state index is 0.000357. The Hall–Kier alpha value is -3.59. The van der Waals surface area contributed by atoms with Crippen molar-refractivity contribution in [1.82, 2.24) is 0 Å². The Morgan fingerprint density at radius 3 is 2.71 bits per heavy atom. The van der Waals surface area contributed by atoms with Gasteiger partial charge in [0.05, 0.1) is 4.92 Å². The normalized spacial score (nSPS) is 10.1. The number of hydrogen-bond donors (Lipinski definition) is 1. The minimum atomic E-state index is -0.477. The van der Waals surface area contributed by atoms with Crippen molar-refractivity contribution in [2.75, 3.05) is 11.9 Å². The number of carbonyl (C=O) groups excluding carboxylic acids is 1. The molecule has 1 N–H and O–H groups in total. The molecule has 0 aliphatic carbocycles. The molecule has 0 fully saturated rings. The Kier molecular flexibility index (Phi) is 5.70. The zero-order valence-electron chi connectivity index (χ0n) is 12.6. The highest BCUT2D eigenvalue weighted by Crippen LogP contribution is 2.17. The smallest absolute Gasteiger partial charge is 0.269 e. The minimum Gasteiger partial charge on any atom is -0.481 e. The van der Waals surface area contributed by atoms with Gasteiger partial charge in [-0.15, -0.1) is 6.42 Å². The van der Waals surface area contributed by atoms with E-state index in [0.29, 0.717) is 17.0 Å². The van der Waals surface area contributed by atoms with Crippen LogP contribution in [0.15, 0.2) is 54.6 Å². The summed E-state index contributed by atoms with van der Waals surface area (Å²) in [6.45, 7) is 0.150. The maximum atomic E-state index is 11.9. The average molecular weight is 322 g/mol. The molecule has 0 aliphatic rings. The summed E-state index contributed by atoms with van der Waals surface area (Å²) < 4.78 is 5.28. The molecule has 0 saturated heterocycles. The molecule has 6 nitrogen and oxygen atoms in total. The maximum Gasteiger partial charge on any atom is 0.269 e. The fraction of sp³-hybridized carbons (Fsp3) is 0.0556. The van der Waals surface area contributed by atoms with E-state index in [4.69, 9.17) is 11.2 Å². The highest BCUT2D eigenvalue weighted by Gasteiger charge is 2.03. The summed E-state index contributed by atoms with van der Waals surface area (Å²) in [5.74, 6) is 2.59. The summed E-state index contributed by atoms with van der Waals surface area (Å²) in [6, 6.07) is 12.7. The number of nitro benzene ring substituents is 1. The summed E-state index contributed by atoms with van der Waals surface area (Å²) in [5, 5.41) is 13.3. The standard InChI is InChI=1S/C18H14N2O4/c1-2-12-24-17-5-3-4-15(13-17)19-18(21)11-8-14-6-9-16(10-7-14)20(22)23/h1,3-11,13H,12H2,(H,19,21)/b11-8+. The highest BCUT2D eigenvalue weighted by molar-refractivity contribution is 6.02. The van der Waals surface area contributed by atoms with Gasteiger partial charge in [0.25, 0.3) is 5.69 Å². The second kappa shape index (κ2) is 8.15. The molecule has 2 rings (SSSR count). The topological polar surface area (TPSA) is 81.5 Å². The van der Waals surface area contributed by atoms with E-state index in [9.17, 15) is 14.9 Å². The number of benzene rings is 2. The molecule has 0 bridgehead atoms. The second-order valence-corrected chi connectivity index (χ2v) is 4.69. The molecule has 0 radical (unpaired) electrons. The van der Waals surface area contributed by atoms with Crippen molar-refractivity contribution in [1.29, 1.82) is 0 Å². The van der Waals surface area contributed by atoms with Gasteiger partial charge in [-0.05, 0) is 35.9 Å². The lowest BCUT2D eigenvalue weighted by Crippen LogP contribution is -2.07. The number of anilines is 1. The molecule has 0 aliphatic heterocycles. The van der Waals surface area contributed by atoms with Crippen molar-refractivity contribution in [3.8, 4) is 18.1 Å². The molecule has 0 atom stereocenters. The molecule has 0 spiro atoms. The molecule has 0 unspecified atom stereocenters. The van der Waals surface area contributed by atoms with Crippen LogP contribution in [0.3, 0.4) is 0 Å². The summed E-state index contributed by atoms with van der Waals surface area (Å²) in [6.07, 6.45) is 8.04. The zero-order valence-corrected chi connectivity index (χ0v) is 12.6. The van der Waals surface area contributed by atoms with Crippen LogP contribution in [0.2, 0.25) is 0 Å². The maximum absolute atomic E-state index is 11.9. The predicted octanol–water partition coefficient (Wildman–Crippen LogP) is 3.26. The predicted molar refractivity (Wildman–Crippen MR) is 91.5 cm³/mol. The van der Waals surface area contributed by atoms with Gasteiger partial charge in [-0.25, -0.2) is 0 Å². The lowest BCUT2D eigenvalue weighted by molar-refractivity contribution is -0.384. The molecule has 1 amide bonds. The molecule has 6 heteroatoms. The first-order chi connectivity index (χ1) is 11.6. The van der Waals surface area contributed by atoms with Crippen molar-refractivity contribution in [3.63, 3.8) is 0 Å². The number of nitrogens with one attached hydrogen (secondary N) is 1. The van der Waals surface area contributed by atoms with Crippen molar-refractivity contribution >= 4 is 23.4 Å². The Morgan fingerprint density at radius 1 is 1.29 bits per heavy atom. The highest BCUT2D eigenvalue weighted by atomic mass is 16.6. The third-order valence-corrected chi connectivity index (χ3v) is 2.95. The largest absolute Gasteiger partial charge is 0.481 e. The van der Waals surface area contributed by atoms with E-state index >= 15 is 0 Å². The third kappa shape index (κ3) is 5.00. The fourth-order valence-corrected chi connectivity index (χ4v) is 1.85. The van der Waals surface area contributed by atoms with Crippen molar-refractivity contribution in [3.05, 3.63) is 70.3 Å². The van der Waals surface area contributed by atoms with Gasteiger partial charge >= 0.3 is 0 Å². The average Bonchev–Trinajstić information content (AvgIpc) is 2.59. The van der Waals surface area contributed by atoms with Gasteiger partial charge in [0.15, 0.2) is 0 Å². The number of nitrogens with zero attached hydrogens (tertiary/aromatic N) is 1. The lowest BCUT2D eigenvalue weighted by atomic mass is 10.2. The zero-order chi connectivity index (χ0) is 17.4. The summed E-state index contributed by atoms with van der Waals surface area (Å²) in [4.78, 5) is 22.0. The quantitative estimate of drug-likeness (QED) is 0.383. The van der Waals surface area contributed by atoms with Crippen LogP contribution in [0.4, 0.5) is 11.4 Å². The van der Waals surface area contributed by atoms with Crippen LogP contribution < -0.4 is 10.1 Å². The molecule has 2 aromatic carbocycles. The van der Waals surface area contributed by atoms with Gasteiger partial charge in [-0.3, -0.25) is 14.9 Å². The van der Waals surface area contributed by atoms with Gasteiger partial charge < -0.3 is 10.1 Å². The van der Waals surface area contributed by atoms with Gasteiger partial charge in [0.2, 0.25) is 5.91 Å². The number of ether oxygens (including phenoxy) is 1. The first-order valence-electron chi connectivity index (χ1n) is 6.98. The molecular formula is C18H14N2O4. The van der Waals surface area contributed by atoms with Gasteiger partial charge in [0, 0.05) is 30.0 Å². The second-order valence-electron chi connectivity index (χ2n) is 4.69. The molecule has 120 valence electrons. The Morgan fingerprint density at radius 2 is 2.04 bits per heavy atom. The first kappa shape index (κ1) is 16.8. The molecule has 24 heavy (non-hydrogen) atoms. The number of non-ortho nitro benzene ring substituents is 1. The van der Waals surface area contributed by atoms with Crippen LogP contribution in [-0.4, -0.2) is 17.4 Å².